The van der Waals surface area contributed by atoms with Crippen molar-refractivity contribution in [3.05, 3.63) is 0 Å². The van der Waals surface area contributed by atoms with E-state index < -0.39 is 11.6 Å². The van der Waals surface area contributed by atoms with Gasteiger partial charge in [0, 0.05) is 0 Å². The smallest absolute Gasteiger partial charge is 0.306 e. The van der Waals surface area contributed by atoms with Crippen molar-refractivity contribution in [1.29, 1.82) is 0 Å². The molecule has 14 heavy (non-hydrogen) atoms. The van der Waals surface area contributed by atoms with E-state index in [0.717, 1.165) is 25.7 Å². The summed E-state index contributed by atoms with van der Waals surface area (Å²) in [7, 11) is 0. The summed E-state index contributed by atoms with van der Waals surface area (Å²) in [5, 5.41) is 8.80. The Morgan fingerprint density at radius 1 is 1.50 bits per heavy atom. The van der Waals surface area contributed by atoms with Gasteiger partial charge in [0.2, 0.25) is 0 Å². The molecule has 0 aliphatic heterocycles. The van der Waals surface area contributed by atoms with Crippen molar-refractivity contribution >= 4 is 5.97 Å². The Labute approximate surface area is 84.4 Å². The van der Waals surface area contributed by atoms with E-state index in [1.807, 2.05) is 0 Å². The SMILES string of the molecule is CC1(C)CCCC(CC(=O)O)(ON)C1. The van der Waals surface area contributed by atoms with E-state index in [-0.39, 0.29) is 11.8 Å². The van der Waals surface area contributed by atoms with Gasteiger partial charge in [-0.2, -0.15) is 0 Å². The minimum Gasteiger partial charge on any atom is -0.481 e. The second kappa shape index (κ2) is 3.87. The van der Waals surface area contributed by atoms with Gasteiger partial charge in [-0.3, -0.25) is 9.63 Å². The van der Waals surface area contributed by atoms with Crippen LogP contribution >= 0.6 is 0 Å². The minimum absolute atomic E-state index is 0.00687. The molecular weight excluding hydrogens is 182 g/mol. The van der Waals surface area contributed by atoms with E-state index in [2.05, 4.69) is 13.8 Å². The standard InChI is InChI=1S/C10H19NO3/c1-9(2)4-3-5-10(7-9,14-11)6-8(12)13/h3-7,11H2,1-2H3,(H,12,13). The van der Waals surface area contributed by atoms with E-state index in [0.29, 0.717) is 0 Å². The van der Waals surface area contributed by atoms with Gasteiger partial charge < -0.3 is 5.11 Å². The third-order valence-corrected chi connectivity index (χ3v) is 3.01. The molecule has 3 N–H and O–H groups in total. The summed E-state index contributed by atoms with van der Waals surface area (Å²) in [5.74, 6) is 4.40. The molecule has 0 aromatic rings. The first-order chi connectivity index (χ1) is 6.39. The average molecular weight is 201 g/mol. The van der Waals surface area contributed by atoms with Crippen LogP contribution in [0, 0.1) is 5.41 Å². The molecule has 0 spiro atoms. The second-order valence-corrected chi connectivity index (χ2v) is 5.07. The Balaban J connectivity index is 2.73. The van der Waals surface area contributed by atoms with Crippen LogP contribution in [-0.4, -0.2) is 16.7 Å². The molecule has 0 aromatic carbocycles. The molecule has 0 radical (unpaired) electrons. The van der Waals surface area contributed by atoms with Gasteiger partial charge in [-0.15, -0.1) is 0 Å². The third-order valence-electron chi connectivity index (χ3n) is 3.01. The minimum atomic E-state index is -0.840. The van der Waals surface area contributed by atoms with Gasteiger partial charge in [-0.1, -0.05) is 13.8 Å². The fourth-order valence-electron chi connectivity index (χ4n) is 2.51. The zero-order chi connectivity index (χ0) is 10.8. The summed E-state index contributed by atoms with van der Waals surface area (Å²) in [6.07, 6.45) is 3.57. The molecule has 0 bridgehead atoms. The highest BCUT2D eigenvalue weighted by Gasteiger charge is 2.42. The predicted molar refractivity (Wildman–Crippen MR) is 52.5 cm³/mol. The van der Waals surface area contributed by atoms with Gasteiger partial charge in [0.05, 0.1) is 6.42 Å². The molecule has 82 valence electrons. The molecule has 4 heteroatoms. The Bertz CT molecular complexity index is 227. The normalized spacial score (nSPS) is 31.4. The Kier molecular flexibility index (Phi) is 3.17. The number of hydrogen-bond donors (Lipinski definition) is 2. The Hall–Kier alpha value is -0.610. The van der Waals surface area contributed by atoms with Gasteiger partial charge >= 0.3 is 5.97 Å². The Morgan fingerprint density at radius 2 is 2.14 bits per heavy atom. The maximum Gasteiger partial charge on any atom is 0.306 e. The molecule has 0 heterocycles. The van der Waals surface area contributed by atoms with Crippen molar-refractivity contribution in [1.82, 2.24) is 0 Å². The van der Waals surface area contributed by atoms with Gasteiger partial charge in [0.1, 0.15) is 5.60 Å². The molecule has 1 fully saturated rings. The van der Waals surface area contributed by atoms with Crippen LogP contribution in [0.15, 0.2) is 0 Å². The first-order valence-corrected chi connectivity index (χ1v) is 4.99. The number of rotatable bonds is 3. The van der Waals surface area contributed by atoms with Crippen molar-refractivity contribution in [2.24, 2.45) is 11.3 Å². The highest BCUT2D eigenvalue weighted by atomic mass is 16.6. The van der Waals surface area contributed by atoms with E-state index in [4.69, 9.17) is 15.8 Å². The lowest BCUT2D eigenvalue weighted by Gasteiger charge is -2.42. The molecule has 1 saturated carbocycles. The maximum absolute atomic E-state index is 10.7. The Morgan fingerprint density at radius 3 is 2.57 bits per heavy atom. The molecule has 1 aliphatic carbocycles. The molecule has 1 aliphatic rings. The lowest BCUT2D eigenvalue weighted by molar-refractivity contribution is -0.153. The predicted octanol–water partition coefficient (Wildman–Crippen LogP) is 1.69. The summed E-state index contributed by atoms with van der Waals surface area (Å²) < 4.78 is 0. The molecule has 0 amide bonds. The second-order valence-electron chi connectivity index (χ2n) is 5.07. The number of carboxylic acid groups (broad SMARTS) is 1. The van der Waals surface area contributed by atoms with Gasteiger partial charge in [0.15, 0.2) is 0 Å². The molecule has 0 aromatic heterocycles. The fraction of sp³-hybridized carbons (Fsp3) is 0.900. The molecular formula is C10H19NO3. The van der Waals surface area contributed by atoms with Crippen LogP contribution in [0.1, 0.15) is 46.0 Å². The molecule has 1 rings (SSSR count). The van der Waals surface area contributed by atoms with Crippen molar-refractivity contribution in [2.75, 3.05) is 0 Å². The highest BCUT2D eigenvalue weighted by molar-refractivity contribution is 5.68. The topological polar surface area (TPSA) is 72.5 Å². The van der Waals surface area contributed by atoms with Gasteiger partial charge in [-0.25, -0.2) is 5.90 Å². The summed E-state index contributed by atoms with van der Waals surface area (Å²) in [6.45, 7) is 4.25. The van der Waals surface area contributed by atoms with Crippen LogP contribution < -0.4 is 5.90 Å². The summed E-state index contributed by atoms with van der Waals surface area (Å²) >= 11 is 0. The van der Waals surface area contributed by atoms with Gasteiger partial charge in [0.25, 0.3) is 0 Å². The number of carboxylic acids is 1. The van der Waals surface area contributed by atoms with E-state index in [1.54, 1.807) is 0 Å². The summed E-state index contributed by atoms with van der Waals surface area (Å²) in [4.78, 5) is 15.7. The van der Waals surface area contributed by atoms with Crippen molar-refractivity contribution in [3.8, 4) is 0 Å². The van der Waals surface area contributed by atoms with Crippen molar-refractivity contribution in [2.45, 2.75) is 51.6 Å². The summed E-state index contributed by atoms with van der Waals surface area (Å²) in [6, 6.07) is 0. The molecule has 4 nitrogen and oxygen atoms in total. The third kappa shape index (κ3) is 2.69. The lowest BCUT2D eigenvalue weighted by Crippen LogP contribution is -2.44. The largest absolute Gasteiger partial charge is 0.481 e. The van der Waals surface area contributed by atoms with Crippen LogP contribution in [0.3, 0.4) is 0 Å². The van der Waals surface area contributed by atoms with Crippen LogP contribution in [0.4, 0.5) is 0 Å². The first-order valence-electron chi connectivity index (χ1n) is 4.99. The number of nitrogens with two attached hydrogens (primary N) is 1. The summed E-state index contributed by atoms with van der Waals surface area (Å²) in [5.41, 5.74) is -0.513. The highest BCUT2D eigenvalue weighted by Crippen LogP contribution is 2.43. The molecule has 1 unspecified atom stereocenters. The lowest BCUT2D eigenvalue weighted by atomic mass is 9.68. The number of aliphatic carboxylic acids is 1. The monoisotopic (exact) mass is 201 g/mol. The number of hydrogen-bond acceptors (Lipinski definition) is 3. The average Bonchev–Trinajstić information content (AvgIpc) is 2.01. The van der Waals surface area contributed by atoms with Crippen molar-refractivity contribution < 1.29 is 14.7 Å². The van der Waals surface area contributed by atoms with E-state index in [1.165, 1.54) is 0 Å². The molecule has 0 saturated heterocycles. The maximum atomic E-state index is 10.7. The molecule has 1 atom stereocenters. The van der Waals surface area contributed by atoms with Gasteiger partial charge in [-0.05, 0) is 31.1 Å². The zero-order valence-electron chi connectivity index (χ0n) is 8.88. The first kappa shape index (κ1) is 11.5. The quantitative estimate of drug-likeness (QED) is 0.681. The zero-order valence-corrected chi connectivity index (χ0v) is 8.88. The van der Waals surface area contributed by atoms with Crippen LogP contribution in [-0.2, 0) is 9.63 Å². The number of carbonyl (C=O) groups is 1. The van der Waals surface area contributed by atoms with Crippen LogP contribution in [0.5, 0.6) is 0 Å². The fourth-order valence-corrected chi connectivity index (χ4v) is 2.51. The van der Waals surface area contributed by atoms with Crippen LogP contribution in [0.25, 0.3) is 0 Å². The van der Waals surface area contributed by atoms with E-state index in [9.17, 15) is 4.79 Å². The van der Waals surface area contributed by atoms with E-state index >= 15 is 0 Å². The van der Waals surface area contributed by atoms with Crippen LogP contribution in [0.2, 0.25) is 0 Å². The van der Waals surface area contributed by atoms with Crippen molar-refractivity contribution in [3.63, 3.8) is 0 Å².